The molecule has 96 valence electrons. The second kappa shape index (κ2) is 4.94. The minimum Gasteiger partial charge on any atom is -0.192 e. The van der Waals surface area contributed by atoms with E-state index in [1.54, 1.807) is 12.1 Å². The molecule has 0 saturated carbocycles. The molecular weight excluding hydrogens is 275 g/mol. The maximum Gasteiger partial charge on any atom is 0.416 e. The standard InChI is InChI=1S/C14H7ClF3N/c15-13-6-2-5-11(12(13)8-19)9-3-1-4-10(7-9)14(16,17)18/h1-7H. The predicted molar refractivity (Wildman–Crippen MR) is 66.6 cm³/mol. The topological polar surface area (TPSA) is 23.8 Å². The van der Waals surface area contributed by atoms with Gasteiger partial charge in [-0.3, -0.25) is 0 Å². The molecule has 0 heterocycles. The molecule has 19 heavy (non-hydrogen) atoms. The van der Waals surface area contributed by atoms with Crippen molar-refractivity contribution < 1.29 is 13.2 Å². The van der Waals surface area contributed by atoms with E-state index in [-0.39, 0.29) is 10.6 Å². The van der Waals surface area contributed by atoms with E-state index in [0.29, 0.717) is 11.1 Å². The summed E-state index contributed by atoms with van der Waals surface area (Å²) < 4.78 is 38.0. The number of hydrogen-bond donors (Lipinski definition) is 0. The van der Waals surface area contributed by atoms with Gasteiger partial charge in [-0.1, -0.05) is 35.9 Å². The first-order chi connectivity index (χ1) is 8.93. The van der Waals surface area contributed by atoms with Crippen LogP contribution in [0.1, 0.15) is 11.1 Å². The Hall–Kier alpha value is -1.99. The van der Waals surface area contributed by atoms with Crippen LogP contribution in [-0.2, 0) is 6.18 Å². The Bertz CT molecular complexity index is 656. The van der Waals surface area contributed by atoms with Crippen LogP contribution in [0.2, 0.25) is 5.02 Å². The average Bonchev–Trinajstić information content (AvgIpc) is 2.37. The summed E-state index contributed by atoms with van der Waals surface area (Å²) in [5, 5.41) is 9.25. The van der Waals surface area contributed by atoms with Crippen LogP contribution >= 0.6 is 11.6 Å². The number of nitrogens with zero attached hydrogens (tertiary/aromatic N) is 1. The largest absolute Gasteiger partial charge is 0.416 e. The van der Waals surface area contributed by atoms with Crippen LogP contribution in [0.5, 0.6) is 0 Å². The number of rotatable bonds is 1. The van der Waals surface area contributed by atoms with Crippen LogP contribution in [-0.4, -0.2) is 0 Å². The van der Waals surface area contributed by atoms with E-state index in [1.807, 2.05) is 6.07 Å². The van der Waals surface area contributed by atoms with Gasteiger partial charge in [-0.05, 0) is 23.8 Å². The van der Waals surface area contributed by atoms with Crippen molar-refractivity contribution in [1.82, 2.24) is 0 Å². The Balaban J connectivity index is 2.61. The first kappa shape index (κ1) is 13.4. The highest BCUT2D eigenvalue weighted by Gasteiger charge is 2.30. The summed E-state index contributed by atoms with van der Waals surface area (Å²) >= 11 is 5.86. The smallest absolute Gasteiger partial charge is 0.192 e. The third-order valence-electron chi connectivity index (χ3n) is 2.63. The molecule has 0 atom stereocenters. The Morgan fingerprint density at radius 2 is 1.74 bits per heavy atom. The number of halogens is 4. The number of hydrogen-bond acceptors (Lipinski definition) is 1. The lowest BCUT2D eigenvalue weighted by Gasteiger charge is -2.10. The number of nitriles is 1. The van der Waals surface area contributed by atoms with Gasteiger partial charge < -0.3 is 0 Å². The lowest BCUT2D eigenvalue weighted by molar-refractivity contribution is -0.137. The van der Waals surface area contributed by atoms with Crippen molar-refractivity contribution in [1.29, 1.82) is 5.26 Å². The first-order valence-corrected chi connectivity index (χ1v) is 5.67. The Morgan fingerprint density at radius 3 is 2.37 bits per heavy atom. The fraction of sp³-hybridized carbons (Fsp3) is 0.0714. The molecule has 0 aliphatic rings. The van der Waals surface area contributed by atoms with Crippen molar-refractivity contribution in [3.63, 3.8) is 0 Å². The van der Waals surface area contributed by atoms with E-state index in [4.69, 9.17) is 16.9 Å². The minimum atomic E-state index is -4.42. The quantitative estimate of drug-likeness (QED) is 0.729. The van der Waals surface area contributed by atoms with Crippen LogP contribution < -0.4 is 0 Å². The summed E-state index contributed by atoms with van der Waals surface area (Å²) in [5.41, 5.74) is 0.118. The highest BCUT2D eigenvalue weighted by molar-refractivity contribution is 6.32. The lowest BCUT2D eigenvalue weighted by Crippen LogP contribution is -2.04. The molecule has 0 fully saturated rings. The normalized spacial score (nSPS) is 11.1. The average molecular weight is 282 g/mol. The summed E-state index contributed by atoms with van der Waals surface area (Å²) in [5.74, 6) is 0. The van der Waals surface area contributed by atoms with Gasteiger partial charge in [0.15, 0.2) is 0 Å². The third-order valence-corrected chi connectivity index (χ3v) is 2.94. The van der Waals surface area contributed by atoms with Gasteiger partial charge in [0.05, 0.1) is 16.1 Å². The Labute approximate surface area is 112 Å². The lowest BCUT2D eigenvalue weighted by atomic mass is 9.98. The Morgan fingerprint density at radius 1 is 1.05 bits per heavy atom. The van der Waals surface area contributed by atoms with Crippen LogP contribution in [0.25, 0.3) is 11.1 Å². The van der Waals surface area contributed by atoms with Crippen molar-refractivity contribution in [3.8, 4) is 17.2 Å². The second-order valence-corrected chi connectivity index (χ2v) is 4.26. The van der Waals surface area contributed by atoms with Gasteiger partial charge in [0, 0.05) is 5.56 Å². The molecule has 0 bridgehead atoms. The van der Waals surface area contributed by atoms with Gasteiger partial charge >= 0.3 is 6.18 Å². The SMILES string of the molecule is N#Cc1c(Cl)cccc1-c1cccc(C(F)(F)F)c1. The van der Waals surface area contributed by atoms with E-state index in [9.17, 15) is 13.2 Å². The molecule has 2 rings (SSSR count). The molecule has 0 spiro atoms. The van der Waals surface area contributed by atoms with E-state index >= 15 is 0 Å². The van der Waals surface area contributed by atoms with Crippen LogP contribution in [0.15, 0.2) is 42.5 Å². The van der Waals surface area contributed by atoms with E-state index in [0.717, 1.165) is 12.1 Å². The summed E-state index contributed by atoms with van der Waals surface area (Å²) in [6, 6.07) is 11.4. The molecule has 0 amide bonds. The van der Waals surface area contributed by atoms with Gasteiger partial charge in [0.1, 0.15) is 6.07 Å². The molecule has 0 aliphatic heterocycles. The predicted octanol–water partition coefficient (Wildman–Crippen LogP) is 4.90. The van der Waals surface area contributed by atoms with Crippen molar-refractivity contribution >= 4 is 11.6 Å². The zero-order valence-electron chi connectivity index (χ0n) is 9.50. The highest BCUT2D eigenvalue weighted by atomic mass is 35.5. The van der Waals surface area contributed by atoms with Crippen molar-refractivity contribution in [2.24, 2.45) is 0 Å². The van der Waals surface area contributed by atoms with Crippen molar-refractivity contribution in [3.05, 3.63) is 58.6 Å². The molecule has 0 radical (unpaired) electrons. The van der Waals surface area contributed by atoms with Crippen LogP contribution in [0.4, 0.5) is 13.2 Å². The highest BCUT2D eigenvalue weighted by Crippen LogP contribution is 2.34. The molecule has 0 aliphatic carbocycles. The molecule has 0 N–H and O–H groups in total. The minimum absolute atomic E-state index is 0.170. The molecule has 0 saturated heterocycles. The van der Waals surface area contributed by atoms with Crippen LogP contribution in [0, 0.1) is 11.3 Å². The van der Waals surface area contributed by atoms with Gasteiger partial charge in [0.25, 0.3) is 0 Å². The maximum atomic E-state index is 12.7. The van der Waals surface area contributed by atoms with E-state index in [1.165, 1.54) is 18.2 Å². The van der Waals surface area contributed by atoms with Crippen molar-refractivity contribution in [2.45, 2.75) is 6.18 Å². The first-order valence-electron chi connectivity index (χ1n) is 5.29. The monoisotopic (exact) mass is 281 g/mol. The third kappa shape index (κ3) is 2.72. The molecule has 1 nitrogen and oxygen atoms in total. The Kier molecular flexibility index (Phi) is 3.50. The molecule has 2 aromatic rings. The molecule has 0 aromatic heterocycles. The molecular formula is C14H7ClF3N. The van der Waals surface area contributed by atoms with E-state index < -0.39 is 11.7 Å². The fourth-order valence-electron chi connectivity index (χ4n) is 1.74. The van der Waals surface area contributed by atoms with Crippen LogP contribution in [0.3, 0.4) is 0 Å². The maximum absolute atomic E-state index is 12.7. The number of alkyl halides is 3. The molecule has 0 unspecified atom stereocenters. The number of benzene rings is 2. The summed E-state index contributed by atoms with van der Waals surface area (Å²) in [6.07, 6.45) is -4.42. The second-order valence-electron chi connectivity index (χ2n) is 3.85. The van der Waals surface area contributed by atoms with Gasteiger partial charge in [-0.25, -0.2) is 0 Å². The van der Waals surface area contributed by atoms with Gasteiger partial charge in [0.2, 0.25) is 0 Å². The summed E-state index contributed by atoms with van der Waals surface area (Å²) in [4.78, 5) is 0. The van der Waals surface area contributed by atoms with E-state index in [2.05, 4.69) is 0 Å². The molecule has 2 aromatic carbocycles. The van der Waals surface area contributed by atoms with Gasteiger partial charge in [-0.15, -0.1) is 0 Å². The van der Waals surface area contributed by atoms with Crippen molar-refractivity contribution in [2.75, 3.05) is 0 Å². The summed E-state index contributed by atoms with van der Waals surface area (Å²) in [6.45, 7) is 0. The summed E-state index contributed by atoms with van der Waals surface area (Å²) in [7, 11) is 0. The fourth-order valence-corrected chi connectivity index (χ4v) is 1.96. The zero-order valence-corrected chi connectivity index (χ0v) is 10.3. The zero-order chi connectivity index (χ0) is 14.0. The molecule has 5 heteroatoms. The van der Waals surface area contributed by atoms with Gasteiger partial charge in [-0.2, -0.15) is 18.4 Å².